The molecular weight excluding hydrogens is 321 g/mol. The number of carbonyl (C=O) groups is 1. The zero-order chi connectivity index (χ0) is 17.8. The standard InChI is InChI=1S/C19H22FN3O2/c1-2-3-13-23-18(24)11-10-16(21-23)19(25)22-12-4-5-17(22)14-6-8-15(20)9-7-14/h6-11,17H,2-5,12-13H2,1H3/t17-/m1/s1. The summed E-state index contributed by atoms with van der Waals surface area (Å²) in [5.74, 6) is -0.471. The van der Waals surface area contributed by atoms with Crippen LogP contribution in [0.15, 0.2) is 41.2 Å². The molecule has 0 radical (unpaired) electrons. The lowest BCUT2D eigenvalue weighted by molar-refractivity contribution is 0.0726. The Morgan fingerprint density at radius 2 is 2.00 bits per heavy atom. The number of hydrogen-bond acceptors (Lipinski definition) is 3. The molecular formula is C19H22FN3O2. The Kier molecular flexibility index (Phi) is 5.26. The van der Waals surface area contributed by atoms with E-state index in [-0.39, 0.29) is 29.0 Å². The Balaban J connectivity index is 1.84. The smallest absolute Gasteiger partial charge is 0.274 e. The fourth-order valence-electron chi connectivity index (χ4n) is 3.22. The number of unbranched alkanes of at least 4 members (excludes halogenated alkanes) is 1. The average Bonchev–Trinajstić information content (AvgIpc) is 3.11. The lowest BCUT2D eigenvalue weighted by atomic mass is 10.0. The van der Waals surface area contributed by atoms with Gasteiger partial charge in [0.1, 0.15) is 11.5 Å². The van der Waals surface area contributed by atoms with E-state index in [1.165, 1.54) is 28.9 Å². The quantitative estimate of drug-likeness (QED) is 0.838. The lowest BCUT2D eigenvalue weighted by Crippen LogP contribution is -2.33. The highest BCUT2D eigenvalue weighted by atomic mass is 19.1. The molecule has 3 rings (SSSR count). The van der Waals surface area contributed by atoms with E-state index < -0.39 is 0 Å². The molecule has 0 spiro atoms. The van der Waals surface area contributed by atoms with Gasteiger partial charge < -0.3 is 4.90 Å². The molecule has 2 aromatic rings. The first kappa shape index (κ1) is 17.3. The van der Waals surface area contributed by atoms with E-state index in [1.807, 2.05) is 6.92 Å². The Bertz CT molecular complexity index is 801. The van der Waals surface area contributed by atoms with Gasteiger partial charge in [-0.3, -0.25) is 9.59 Å². The van der Waals surface area contributed by atoms with E-state index in [1.54, 1.807) is 17.0 Å². The minimum absolute atomic E-state index is 0.0779. The summed E-state index contributed by atoms with van der Waals surface area (Å²) in [4.78, 5) is 26.6. The minimum Gasteiger partial charge on any atom is -0.330 e. The first-order valence-corrected chi connectivity index (χ1v) is 8.74. The van der Waals surface area contributed by atoms with E-state index in [4.69, 9.17) is 0 Å². The maximum atomic E-state index is 13.2. The molecule has 1 aromatic heterocycles. The molecule has 1 fully saturated rings. The molecule has 0 N–H and O–H groups in total. The molecule has 1 saturated heterocycles. The van der Waals surface area contributed by atoms with Crippen LogP contribution in [0.2, 0.25) is 0 Å². The Labute approximate surface area is 146 Å². The van der Waals surface area contributed by atoms with Crippen LogP contribution < -0.4 is 5.56 Å². The maximum absolute atomic E-state index is 13.2. The lowest BCUT2D eigenvalue weighted by Gasteiger charge is -2.25. The van der Waals surface area contributed by atoms with Crippen LogP contribution in [-0.2, 0) is 6.54 Å². The second-order valence-corrected chi connectivity index (χ2v) is 6.34. The molecule has 1 atom stereocenters. The normalized spacial score (nSPS) is 17.0. The van der Waals surface area contributed by atoms with Crippen molar-refractivity contribution in [3.05, 3.63) is 63.8 Å². The Hall–Kier alpha value is -2.50. The summed E-state index contributed by atoms with van der Waals surface area (Å²) in [7, 11) is 0. The third kappa shape index (κ3) is 3.78. The van der Waals surface area contributed by atoms with Gasteiger partial charge >= 0.3 is 0 Å². The fourth-order valence-corrected chi connectivity index (χ4v) is 3.22. The van der Waals surface area contributed by atoms with Crippen molar-refractivity contribution in [2.75, 3.05) is 6.54 Å². The van der Waals surface area contributed by atoms with E-state index in [2.05, 4.69) is 5.10 Å². The Morgan fingerprint density at radius 1 is 1.24 bits per heavy atom. The SMILES string of the molecule is CCCCn1nc(C(=O)N2CCC[C@@H]2c2ccc(F)cc2)ccc1=O. The molecule has 1 amide bonds. The summed E-state index contributed by atoms with van der Waals surface area (Å²) in [6, 6.07) is 9.10. The average molecular weight is 343 g/mol. The van der Waals surface area contributed by atoms with E-state index in [0.29, 0.717) is 13.1 Å². The third-order valence-corrected chi connectivity index (χ3v) is 4.58. The van der Waals surface area contributed by atoms with Gasteiger partial charge in [-0.1, -0.05) is 25.5 Å². The molecule has 0 saturated carbocycles. The van der Waals surface area contributed by atoms with Gasteiger partial charge in [0, 0.05) is 19.2 Å². The summed E-state index contributed by atoms with van der Waals surface area (Å²) in [6.45, 7) is 3.19. The van der Waals surface area contributed by atoms with Crippen molar-refractivity contribution in [3.63, 3.8) is 0 Å². The number of aryl methyl sites for hydroxylation is 1. The van der Waals surface area contributed by atoms with Crippen LogP contribution in [0.25, 0.3) is 0 Å². The number of aromatic nitrogens is 2. The van der Waals surface area contributed by atoms with Crippen LogP contribution >= 0.6 is 0 Å². The molecule has 1 aliphatic heterocycles. The van der Waals surface area contributed by atoms with Crippen molar-refractivity contribution in [1.29, 1.82) is 0 Å². The number of hydrogen-bond donors (Lipinski definition) is 0. The molecule has 5 nitrogen and oxygen atoms in total. The molecule has 132 valence electrons. The molecule has 0 bridgehead atoms. The van der Waals surface area contributed by atoms with Gasteiger partial charge in [-0.05, 0) is 43.0 Å². The molecule has 25 heavy (non-hydrogen) atoms. The number of likely N-dealkylation sites (tertiary alicyclic amines) is 1. The Morgan fingerprint density at radius 3 is 2.72 bits per heavy atom. The summed E-state index contributed by atoms with van der Waals surface area (Å²) in [5.41, 5.74) is 1.01. The highest BCUT2D eigenvalue weighted by Gasteiger charge is 2.31. The van der Waals surface area contributed by atoms with Gasteiger partial charge in [0.05, 0.1) is 6.04 Å². The predicted octanol–water partition coefficient (Wildman–Crippen LogP) is 3.16. The fraction of sp³-hybridized carbons (Fsp3) is 0.421. The summed E-state index contributed by atoms with van der Waals surface area (Å²) < 4.78 is 14.5. The van der Waals surface area contributed by atoms with Crippen molar-refractivity contribution in [1.82, 2.24) is 14.7 Å². The van der Waals surface area contributed by atoms with E-state index >= 15 is 0 Å². The maximum Gasteiger partial charge on any atom is 0.274 e. The van der Waals surface area contributed by atoms with Gasteiger partial charge in [0.15, 0.2) is 0 Å². The topological polar surface area (TPSA) is 55.2 Å². The molecule has 1 aromatic carbocycles. The summed E-state index contributed by atoms with van der Waals surface area (Å²) >= 11 is 0. The van der Waals surface area contributed by atoms with Gasteiger partial charge in [-0.2, -0.15) is 5.10 Å². The number of rotatable bonds is 5. The van der Waals surface area contributed by atoms with Crippen molar-refractivity contribution in [3.8, 4) is 0 Å². The number of halogens is 1. The van der Waals surface area contributed by atoms with Gasteiger partial charge in [0.25, 0.3) is 11.5 Å². The van der Waals surface area contributed by atoms with E-state index in [0.717, 1.165) is 31.2 Å². The van der Waals surface area contributed by atoms with Crippen molar-refractivity contribution in [2.45, 2.75) is 45.2 Å². The highest BCUT2D eigenvalue weighted by molar-refractivity contribution is 5.92. The van der Waals surface area contributed by atoms with Crippen LogP contribution in [0.3, 0.4) is 0 Å². The van der Waals surface area contributed by atoms with Crippen LogP contribution in [0, 0.1) is 5.82 Å². The molecule has 0 unspecified atom stereocenters. The minimum atomic E-state index is -0.288. The molecule has 6 heteroatoms. The third-order valence-electron chi connectivity index (χ3n) is 4.58. The predicted molar refractivity (Wildman–Crippen MR) is 92.8 cm³/mol. The molecule has 0 aliphatic carbocycles. The number of carbonyl (C=O) groups excluding carboxylic acids is 1. The summed E-state index contributed by atoms with van der Waals surface area (Å²) in [5, 5.41) is 4.25. The number of amides is 1. The number of benzene rings is 1. The zero-order valence-corrected chi connectivity index (χ0v) is 14.3. The highest BCUT2D eigenvalue weighted by Crippen LogP contribution is 2.32. The molecule has 1 aliphatic rings. The second kappa shape index (κ2) is 7.59. The number of nitrogens with zero attached hydrogens (tertiary/aromatic N) is 3. The largest absolute Gasteiger partial charge is 0.330 e. The molecule has 2 heterocycles. The first-order valence-electron chi connectivity index (χ1n) is 8.74. The van der Waals surface area contributed by atoms with Crippen molar-refractivity contribution >= 4 is 5.91 Å². The van der Waals surface area contributed by atoms with Crippen LogP contribution in [-0.4, -0.2) is 27.1 Å². The van der Waals surface area contributed by atoms with Crippen LogP contribution in [0.4, 0.5) is 4.39 Å². The van der Waals surface area contributed by atoms with Gasteiger partial charge in [-0.15, -0.1) is 0 Å². The monoisotopic (exact) mass is 343 g/mol. The van der Waals surface area contributed by atoms with Crippen LogP contribution in [0.1, 0.15) is 54.7 Å². The van der Waals surface area contributed by atoms with Crippen LogP contribution in [0.5, 0.6) is 0 Å². The van der Waals surface area contributed by atoms with E-state index in [9.17, 15) is 14.0 Å². The zero-order valence-electron chi connectivity index (χ0n) is 14.3. The van der Waals surface area contributed by atoms with Gasteiger partial charge in [0.2, 0.25) is 0 Å². The second-order valence-electron chi connectivity index (χ2n) is 6.34. The summed E-state index contributed by atoms with van der Waals surface area (Å²) in [6.07, 6.45) is 3.52. The van der Waals surface area contributed by atoms with Crippen molar-refractivity contribution < 1.29 is 9.18 Å². The van der Waals surface area contributed by atoms with Gasteiger partial charge in [-0.25, -0.2) is 9.07 Å². The van der Waals surface area contributed by atoms with Crippen molar-refractivity contribution in [2.24, 2.45) is 0 Å². The first-order chi connectivity index (χ1) is 12.1.